The van der Waals surface area contributed by atoms with Crippen LogP contribution in [0.4, 0.5) is 0 Å². The molecule has 0 amide bonds. The fourth-order valence-electron chi connectivity index (χ4n) is 7.31. The zero-order chi connectivity index (χ0) is 41.0. The monoisotopic (exact) mass is 824 g/mol. The molecule has 5 heteroatoms. The predicted octanol–water partition coefficient (Wildman–Crippen LogP) is 16.3. The van der Waals surface area contributed by atoms with Gasteiger partial charge in [0.2, 0.25) is 11.4 Å². The van der Waals surface area contributed by atoms with E-state index >= 15 is 0 Å². The van der Waals surface area contributed by atoms with Crippen LogP contribution >= 0.6 is 0 Å². The Bertz CT molecular complexity index is 1810. The summed E-state index contributed by atoms with van der Waals surface area (Å²) in [4.78, 5) is 0. The molecule has 5 rings (SSSR count). The van der Waals surface area contributed by atoms with E-state index in [0.717, 1.165) is 87.6 Å². The molecule has 0 saturated heterocycles. The molecule has 0 N–H and O–H groups in total. The molecule has 0 bridgehead atoms. The van der Waals surface area contributed by atoms with Gasteiger partial charge in [0.1, 0.15) is 0 Å². The van der Waals surface area contributed by atoms with Crippen molar-refractivity contribution in [1.29, 1.82) is 0 Å². The van der Waals surface area contributed by atoms with Crippen LogP contribution in [0.1, 0.15) is 159 Å². The van der Waals surface area contributed by atoms with E-state index in [9.17, 15) is 5.53 Å². The number of para-hydroxylation sites is 2. The molecule has 4 nitrogen and oxygen atoms in total. The first-order valence-electron chi connectivity index (χ1n) is 22.4. The van der Waals surface area contributed by atoms with Gasteiger partial charge in [-0.15, -0.1) is 0 Å². The summed E-state index contributed by atoms with van der Waals surface area (Å²) >= 11 is 0.777. The number of unbranched alkanes of at least 4 members (excludes halogenated alkanes) is 12. The van der Waals surface area contributed by atoms with E-state index < -0.39 is 0 Å². The van der Waals surface area contributed by atoms with Crippen molar-refractivity contribution in [3.05, 3.63) is 160 Å². The van der Waals surface area contributed by atoms with Crippen molar-refractivity contribution in [3.63, 3.8) is 0 Å². The van der Waals surface area contributed by atoms with Crippen LogP contribution in [0.25, 0.3) is 16.9 Å². The molecule has 0 aromatic heterocycles. The maximum absolute atomic E-state index is 12.0. The van der Waals surface area contributed by atoms with Crippen molar-refractivity contribution in [2.75, 3.05) is 0 Å². The van der Waals surface area contributed by atoms with E-state index in [-0.39, 0.29) is 0 Å². The van der Waals surface area contributed by atoms with Gasteiger partial charge in [-0.25, -0.2) is 4.70 Å². The number of aryl methyl sites for hydroxylation is 2. The average Bonchev–Trinajstić information content (AvgIpc) is 3.53. The Kier molecular flexibility index (Phi) is 22.6. The molecule has 0 saturated carbocycles. The number of benzene rings is 4. The van der Waals surface area contributed by atoms with Gasteiger partial charge in [0.25, 0.3) is 0 Å². The third kappa shape index (κ3) is 16.2. The van der Waals surface area contributed by atoms with Gasteiger partial charge in [0, 0.05) is 16.7 Å². The van der Waals surface area contributed by atoms with E-state index in [1.165, 1.54) is 110 Å². The fraction of sp³-hybridized carbons (Fsp3) is 0.434. The zero-order valence-corrected chi connectivity index (χ0v) is 37.0. The Hall–Kier alpha value is -4.21. The Morgan fingerprint density at radius 3 is 1.52 bits per heavy atom. The van der Waals surface area contributed by atoms with Crippen LogP contribution < -0.4 is 7.76 Å². The SMILES string of the molecule is CCCCCCCCCC=CC1=C(c2cccc(CCCCC)c2)[N+](=[N-])C(c2cccc(CCCCC)c2)=C1CCCC.c1ccc([O][Ni][O]c2ccccc2)cc1. The number of nitrogens with zero attached hydrogens (tertiary/aromatic N) is 2. The summed E-state index contributed by atoms with van der Waals surface area (Å²) < 4.78 is 12.2. The molecule has 1 aliphatic rings. The average molecular weight is 826 g/mol. The second-order valence-electron chi connectivity index (χ2n) is 15.4. The first kappa shape index (κ1) is 46.5. The molecular weight excluding hydrogens is 755 g/mol. The van der Waals surface area contributed by atoms with Gasteiger partial charge < -0.3 is 5.53 Å². The van der Waals surface area contributed by atoms with E-state index in [4.69, 9.17) is 7.76 Å². The predicted molar refractivity (Wildman–Crippen MR) is 242 cm³/mol. The Morgan fingerprint density at radius 1 is 0.500 bits per heavy atom. The van der Waals surface area contributed by atoms with Gasteiger partial charge >= 0.3 is 95.0 Å². The fourth-order valence-corrected chi connectivity index (χ4v) is 7.81. The van der Waals surface area contributed by atoms with Crippen molar-refractivity contribution in [1.82, 2.24) is 0 Å². The van der Waals surface area contributed by atoms with Crippen LogP contribution in [0.15, 0.2) is 132 Å². The van der Waals surface area contributed by atoms with Crippen LogP contribution in [0.3, 0.4) is 0 Å². The molecular formula is C53H70N2NiO2. The molecule has 1 aliphatic heterocycles. The standard InChI is InChI=1S/C41H60N2.2C6H6O.Ni/c1-5-9-13-14-15-16-17-18-21-31-39-38(30-12-8-4)40(36-28-22-26-34(32-36)24-19-10-6-2)43(42)41(39)37-29-23-27-35(33-37)25-20-11-7-3;2*7-6-4-2-1-3-5-6;/h21-23,26-29,31-33H,5-20,24-25,30H2,1-4H3;2*1-5,7H;/q;;;+2/p-2. The summed E-state index contributed by atoms with van der Waals surface area (Å²) in [6.45, 7) is 9.07. The van der Waals surface area contributed by atoms with Gasteiger partial charge in [-0.2, -0.15) is 0 Å². The third-order valence-corrected chi connectivity index (χ3v) is 11.2. The summed E-state index contributed by atoms with van der Waals surface area (Å²) in [6.07, 6.45) is 27.9. The molecule has 4 aromatic carbocycles. The molecule has 58 heavy (non-hydrogen) atoms. The van der Waals surface area contributed by atoms with Crippen molar-refractivity contribution < 1.29 is 27.5 Å². The summed E-state index contributed by atoms with van der Waals surface area (Å²) in [5.74, 6) is 1.57. The summed E-state index contributed by atoms with van der Waals surface area (Å²) in [5.41, 5.74) is 21.4. The Balaban J connectivity index is 0.000000411. The Labute approximate surface area is 358 Å². The summed E-state index contributed by atoms with van der Waals surface area (Å²) in [5, 5.41) is 0. The number of hydrogen-bond acceptors (Lipinski definition) is 2. The van der Waals surface area contributed by atoms with Crippen molar-refractivity contribution in [3.8, 4) is 11.5 Å². The van der Waals surface area contributed by atoms with Gasteiger partial charge in [0.15, 0.2) is 0 Å². The van der Waals surface area contributed by atoms with Gasteiger partial charge in [-0.3, -0.25) is 0 Å². The van der Waals surface area contributed by atoms with Crippen LogP contribution in [0.5, 0.6) is 11.5 Å². The molecule has 1 heterocycles. The third-order valence-electron chi connectivity index (χ3n) is 10.6. The zero-order valence-electron chi connectivity index (χ0n) is 36.0. The first-order valence-corrected chi connectivity index (χ1v) is 23.3. The Morgan fingerprint density at radius 2 is 0.983 bits per heavy atom. The van der Waals surface area contributed by atoms with E-state index in [1.807, 2.05) is 60.7 Å². The van der Waals surface area contributed by atoms with Gasteiger partial charge in [-0.05, 0) is 86.8 Å². The normalized spacial score (nSPS) is 12.7. The summed E-state index contributed by atoms with van der Waals surface area (Å²) in [7, 11) is 0. The van der Waals surface area contributed by atoms with Crippen LogP contribution in [-0.4, -0.2) is 4.70 Å². The minimum atomic E-state index is 0.777. The van der Waals surface area contributed by atoms with Gasteiger partial charge in [-0.1, -0.05) is 135 Å². The minimum absolute atomic E-state index is 0.777. The summed E-state index contributed by atoms with van der Waals surface area (Å²) in [6, 6.07) is 37.0. The van der Waals surface area contributed by atoms with E-state index in [1.54, 1.807) is 0 Å². The molecule has 314 valence electrons. The molecule has 0 spiro atoms. The maximum atomic E-state index is 12.0. The van der Waals surface area contributed by atoms with Crippen LogP contribution in [0.2, 0.25) is 0 Å². The topological polar surface area (TPSA) is 43.8 Å². The van der Waals surface area contributed by atoms with E-state index in [0.29, 0.717) is 0 Å². The second kappa shape index (κ2) is 28.3. The molecule has 0 atom stereocenters. The molecule has 0 radical (unpaired) electrons. The molecule has 0 unspecified atom stereocenters. The van der Waals surface area contributed by atoms with Crippen molar-refractivity contribution in [2.45, 2.75) is 150 Å². The number of hydrogen-bond donors (Lipinski definition) is 0. The van der Waals surface area contributed by atoms with Crippen molar-refractivity contribution in [2.24, 2.45) is 0 Å². The number of rotatable bonds is 26. The van der Waals surface area contributed by atoms with E-state index in [2.05, 4.69) is 88.4 Å². The van der Waals surface area contributed by atoms with Crippen molar-refractivity contribution >= 4 is 11.4 Å². The van der Waals surface area contributed by atoms with Crippen LogP contribution in [0, 0.1) is 0 Å². The van der Waals surface area contributed by atoms with Gasteiger partial charge in [0.05, 0.1) is 5.57 Å². The number of allylic oxidation sites excluding steroid dienone is 4. The quantitative estimate of drug-likeness (QED) is 0.0360. The molecule has 4 aromatic rings. The molecule has 0 aliphatic carbocycles. The second-order valence-corrected chi connectivity index (χ2v) is 16.0. The first-order chi connectivity index (χ1) is 28.6. The van der Waals surface area contributed by atoms with Crippen LogP contribution in [-0.2, 0) is 27.9 Å². The molecule has 0 fully saturated rings.